The van der Waals surface area contributed by atoms with Crippen LogP contribution in [0.5, 0.6) is 0 Å². The Labute approximate surface area is 108 Å². The molecule has 2 N–H and O–H groups in total. The number of nitrogens with zero attached hydrogens (tertiary/aromatic N) is 1. The summed E-state index contributed by atoms with van der Waals surface area (Å²) in [7, 11) is 0. The van der Waals surface area contributed by atoms with Gasteiger partial charge in [-0.05, 0) is 26.7 Å². The molecule has 1 amide bonds. The maximum absolute atomic E-state index is 12.1. The summed E-state index contributed by atoms with van der Waals surface area (Å²) in [6, 6.07) is 0.291. The van der Waals surface area contributed by atoms with E-state index in [0.717, 1.165) is 12.8 Å². The number of rotatable bonds is 6. The molecule has 0 bridgehead atoms. The van der Waals surface area contributed by atoms with Gasteiger partial charge in [0.05, 0.1) is 17.6 Å². The summed E-state index contributed by atoms with van der Waals surface area (Å²) in [4.78, 5) is 14.2. The SMILES string of the molecule is CC(C)OCC(=O)N(CC(N)=S)C1CCCC1. The van der Waals surface area contributed by atoms with Crippen molar-refractivity contribution in [3.63, 3.8) is 0 Å². The van der Waals surface area contributed by atoms with E-state index < -0.39 is 0 Å². The molecule has 0 unspecified atom stereocenters. The third-order valence-electron chi connectivity index (χ3n) is 2.95. The first-order chi connectivity index (χ1) is 8.00. The van der Waals surface area contributed by atoms with Crippen LogP contribution in [0.25, 0.3) is 0 Å². The lowest BCUT2D eigenvalue weighted by Gasteiger charge is -2.28. The van der Waals surface area contributed by atoms with E-state index in [0.29, 0.717) is 17.6 Å². The molecule has 0 spiro atoms. The van der Waals surface area contributed by atoms with Gasteiger partial charge in [0.15, 0.2) is 0 Å². The van der Waals surface area contributed by atoms with Crippen LogP contribution in [0.3, 0.4) is 0 Å². The van der Waals surface area contributed by atoms with Crippen LogP contribution in [0.1, 0.15) is 39.5 Å². The summed E-state index contributed by atoms with van der Waals surface area (Å²) < 4.78 is 5.35. The minimum Gasteiger partial charge on any atom is -0.392 e. The zero-order valence-electron chi connectivity index (χ0n) is 10.6. The maximum Gasteiger partial charge on any atom is 0.249 e. The zero-order valence-corrected chi connectivity index (χ0v) is 11.5. The fraction of sp³-hybridized carbons (Fsp3) is 0.833. The third kappa shape index (κ3) is 5.00. The van der Waals surface area contributed by atoms with E-state index in [1.54, 1.807) is 4.90 Å². The number of thiocarbonyl (C=S) groups is 1. The largest absolute Gasteiger partial charge is 0.392 e. The van der Waals surface area contributed by atoms with Crippen molar-refractivity contribution in [3.05, 3.63) is 0 Å². The molecule has 1 fully saturated rings. The summed E-state index contributed by atoms with van der Waals surface area (Å²) in [6.07, 6.45) is 4.52. The number of nitrogens with two attached hydrogens (primary N) is 1. The summed E-state index contributed by atoms with van der Waals surface area (Å²) in [6.45, 7) is 4.33. The molecule has 17 heavy (non-hydrogen) atoms. The first-order valence-corrected chi connectivity index (χ1v) is 6.61. The fourth-order valence-electron chi connectivity index (χ4n) is 2.13. The van der Waals surface area contributed by atoms with Crippen LogP contribution in [-0.4, -0.2) is 41.1 Å². The van der Waals surface area contributed by atoms with E-state index in [-0.39, 0.29) is 18.6 Å². The molecule has 0 aromatic rings. The molecule has 0 aromatic heterocycles. The molecular formula is C12H22N2O2S. The van der Waals surface area contributed by atoms with E-state index in [2.05, 4.69) is 0 Å². The Balaban J connectivity index is 2.54. The lowest BCUT2D eigenvalue weighted by molar-refractivity contribution is -0.139. The van der Waals surface area contributed by atoms with Gasteiger partial charge in [0, 0.05) is 6.04 Å². The van der Waals surface area contributed by atoms with Crippen LogP contribution < -0.4 is 5.73 Å². The molecule has 0 aliphatic heterocycles. The monoisotopic (exact) mass is 258 g/mol. The van der Waals surface area contributed by atoms with E-state index >= 15 is 0 Å². The summed E-state index contributed by atoms with van der Waals surface area (Å²) in [5.74, 6) is -0.00148. The normalized spacial score (nSPS) is 16.4. The minimum atomic E-state index is -0.00148. The molecule has 0 radical (unpaired) electrons. The second-order valence-corrected chi connectivity index (χ2v) is 5.31. The van der Waals surface area contributed by atoms with Crippen molar-refractivity contribution in [2.24, 2.45) is 5.73 Å². The van der Waals surface area contributed by atoms with E-state index in [9.17, 15) is 4.79 Å². The first kappa shape index (κ1) is 14.4. The number of hydrogen-bond donors (Lipinski definition) is 1. The Bertz CT molecular complexity index is 276. The van der Waals surface area contributed by atoms with Gasteiger partial charge in [-0.25, -0.2) is 0 Å². The number of carbonyl (C=O) groups excluding carboxylic acids is 1. The molecule has 0 heterocycles. The molecule has 1 aliphatic rings. The number of ether oxygens (including phenoxy) is 1. The van der Waals surface area contributed by atoms with Crippen LogP contribution in [0, 0.1) is 0 Å². The van der Waals surface area contributed by atoms with Crippen LogP contribution in [0.15, 0.2) is 0 Å². The van der Waals surface area contributed by atoms with Gasteiger partial charge in [-0.1, -0.05) is 25.1 Å². The molecule has 5 heteroatoms. The lowest BCUT2D eigenvalue weighted by atomic mass is 10.2. The van der Waals surface area contributed by atoms with Crippen LogP contribution >= 0.6 is 12.2 Å². The predicted octanol–water partition coefficient (Wildman–Crippen LogP) is 1.47. The molecule has 0 atom stereocenters. The smallest absolute Gasteiger partial charge is 0.249 e. The Morgan fingerprint density at radius 1 is 1.47 bits per heavy atom. The highest BCUT2D eigenvalue weighted by Crippen LogP contribution is 2.23. The molecule has 1 saturated carbocycles. The Morgan fingerprint density at radius 2 is 2.06 bits per heavy atom. The number of carbonyl (C=O) groups is 1. The van der Waals surface area contributed by atoms with Crippen molar-refractivity contribution in [3.8, 4) is 0 Å². The highest BCUT2D eigenvalue weighted by molar-refractivity contribution is 7.80. The van der Waals surface area contributed by atoms with Crippen molar-refractivity contribution < 1.29 is 9.53 Å². The van der Waals surface area contributed by atoms with Gasteiger partial charge in [-0.2, -0.15) is 0 Å². The second kappa shape index (κ2) is 6.91. The molecular weight excluding hydrogens is 236 g/mol. The fourth-order valence-corrected chi connectivity index (χ4v) is 2.26. The van der Waals surface area contributed by atoms with Gasteiger partial charge < -0.3 is 15.4 Å². The van der Waals surface area contributed by atoms with E-state index in [4.69, 9.17) is 22.7 Å². The van der Waals surface area contributed by atoms with Crippen LogP contribution in [-0.2, 0) is 9.53 Å². The molecule has 1 rings (SSSR count). The summed E-state index contributed by atoms with van der Waals surface area (Å²) in [5.41, 5.74) is 5.55. The van der Waals surface area contributed by atoms with Crippen molar-refractivity contribution >= 4 is 23.1 Å². The standard InChI is InChI=1S/C12H22N2O2S/c1-9(2)16-8-12(15)14(7-11(13)17)10-5-3-4-6-10/h9-10H,3-8H2,1-2H3,(H2,13,17). The van der Waals surface area contributed by atoms with Crippen molar-refractivity contribution in [2.75, 3.05) is 13.2 Å². The highest BCUT2D eigenvalue weighted by Gasteiger charge is 2.27. The van der Waals surface area contributed by atoms with Crippen molar-refractivity contribution in [1.82, 2.24) is 4.90 Å². The van der Waals surface area contributed by atoms with Gasteiger partial charge in [0.2, 0.25) is 5.91 Å². The molecule has 0 aromatic carbocycles. The topological polar surface area (TPSA) is 55.6 Å². The molecule has 0 saturated heterocycles. The number of amides is 1. The van der Waals surface area contributed by atoms with E-state index in [1.165, 1.54) is 12.8 Å². The minimum absolute atomic E-state index is 0.00148. The van der Waals surface area contributed by atoms with Crippen molar-refractivity contribution in [1.29, 1.82) is 0 Å². The van der Waals surface area contributed by atoms with Crippen molar-refractivity contribution in [2.45, 2.75) is 51.7 Å². The first-order valence-electron chi connectivity index (χ1n) is 6.20. The van der Waals surface area contributed by atoms with Gasteiger partial charge in [-0.3, -0.25) is 4.79 Å². The second-order valence-electron chi connectivity index (χ2n) is 4.79. The van der Waals surface area contributed by atoms with Gasteiger partial charge >= 0.3 is 0 Å². The average Bonchev–Trinajstić information content (AvgIpc) is 2.75. The van der Waals surface area contributed by atoms with Gasteiger partial charge in [-0.15, -0.1) is 0 Å². The quantitative estimate of drug-likeness (QED) is 0.733. The van der Waals surface area contributed by atoms with Gasteiger partial charge in [0.25, 0.3) is 0 Å². The molecule has 98 valence electrons. The van der Waals surface area contributed by atoms with Gasteiger partial charge in [0.1, 0.15) is 6.61 Å². The van der Waals surface area contributed by atoms with Crippen LogP contribution in [0.4, 0.5) is 0 Å². The van der Waals surface area contributed by atoms with E-state index in [1.807, 2.05) is 13.8 Å². The molecule has 4 nitrogen and oxygen atoms in total. The van der Waals surface area contributed by atoms with Crippen LogP contribution in [0.2, 0.25) is 0 Å². The Morgan fingerprint density at radius 3 is 2.53 bits per heavy atom. The summed E-state index contributed by atoms with van der Waals surface area (Å²) >= 11 is 4.91. The maximum atomic E-state index is 12.1. The number of hydrogen-bond acceptors (Lipinski definition) is 3. The predicted molar refractivity (Wildman–Crippen MR) is 71.8 cm³/mol. The third-order valence-corrected chi connectivity index (χ3v) is 3.08. The zero-order chi connectivity index (χ0) is 12.8. The lowest BCUT2D eigenvalue weighted by Crippen LogP contribution is -2.45. The Kier molecular flexibility index (Phi) is 5.85. The summed E-state index contributed by atoms with van der Waals surface area (Å²) in [5, 5.41) is 0. The highest BCUT2D eigenvalue weighted by atomic mass is 32.1. The molecule has 1 aliphatic carbocycles. The average molecular weight is 258 g/mol. The Hall–Kier alpha value is -0.680.